The molecule has 0 aliphatic carbocycles. The third kappa shape index (κ3) is 2.46. The normalized spacial score (nSPS) is 9.57. The van der Waals surface area contributed by atoms with Crippen molar-refractivity contribution in [3.8, 4) is 12.3 Å². The minimum Gasteiger partial charge on any atom is -0.330 e. The van der Waals surface area contributed by atoms with Crippen molar-refractivity contribution in [3.63, 3.8) is 0 Å². The van der Waals surface area contributed by atoms with Crippen LogP contribution in [0.4, 0.5) is 5.95 Å². The van der Waals surface area contributed by atoms with Crippen molar-refractivity contribution in [3.05, 3.63) is 16.4 Å². The average molecular weight is 254 g/mol. The van der Waals surface area contributed by atoms with Gasteiger partial charge in [-0.1, -0.05) is 5.92 Å². The third-order valence-corrected chi connectivity index (χ3v) is 2.63. The van der Waals surface area contributed by atoms with Crippen molar-refractivity contribution in [2.45, 2.75) is 13.8 Å². The first-order valence-electron chi connectivity index (χ1n) is 4.36. The Hall–Kier alpha value is -1.08. The summed E-state index contributed by atoms with van der Waals surface area (Å²) in [5.74, 6) is 3.27. The van der Waals surface area contributed by atoms with Crippen molar-refractivity contribution in [2.75, 3.05) is 18.0 Å². The lowest BCUT2D eigenvalue weighted by molar-refractivity contribution is 0.852. The molecule has 1 aromatic rings. The fraction of sp³-hybridized carbons (Fsp3) is 0.400. The average Bonchev–Trinajstić information content (AvgIpc) is 2.19. The molecule has 0 unspecified atom stereocenters. The van der Waals surface area contributed by atoms with Crippen LogP contribution in [-0.2, 0) is 0 Å². The molecule has 0 saturated carbocycles. The van der Waals surface area contributed by atoms with Gasteiger partial charge in [0.15, 0.2) is 0 Å². The summed E-state index contributed by atoms with van der Waals surface area (Å²) in [5.41, 5.74) is 0.922. The standard InChI is InChI=1S/C10H12BrN3/c1-4-6-14(5-2)10-12-7-9(11)8(3)13-10/h1,7H,5-6H2,2-3H3. The maximum atomic E-state index is 5.25. The van der Waals surface area contributed by atoms with Gasteiger partial charge in [-0.15, -0.1) is 6.42 Å². The molecule has 0 aliphatic rings. The maximum absolute atomic E-state index is 5.25. The molecule has 1 heterocycles. The van der Waals surface area contributed by atoms with E-state index in [9.17, 15) is 0 Å². The molecule has 0 radical (unpaired) electrons. The number of aryl methyl sites for hydroxylation is 1. The fourth-order valence-corrected chi connectivity index (χ4v) is 1.22. The van der Waals surface area contributed by atoms with E-state index in [0.29, 0.717) is 12.5 Å². The molecule has 0 N–H and O–H groups in total. The van der Waals surface area contributed by atoms with Crippen molar-refractivity contribution >= 4 is 21.9 Å². The van der Waals surface area contributed by atoms with E-state index in [4.69, 9.17) is 6.42 Å². The predicted molar refractivity (Wildman–Crippen MR) is 61.2 cm³/mol. The highest BCUT2D eigenvalue weighted by Crippen LogP contribution is 2.15. The topological polar surface area (TPSA) is 29.0 Å². The van der Waals surface area contributed by atoms with Crippen LogP contribution in [0.15, 0.2) is 10.7 Å². The van der Waals surface area contributed by atoms with Crippen LogP contribution in [0.2, 0.25) is 0 Å². The van der Waals surface area contributed by atoms with Crippen LogP contribution < -0.4 is 4.90 Å². The zero-order valence-electron chi connectivity index (χ0n) is 8.29. The maximum Gasteiger partial charge on any atom is 0.226 e. The molecule has 3 nitrogen and oxygen atoms in total. The van der Waals surface area contributed by atoms with Crippen LogP contribution in [0.25, 0.3) is 0 Å². The van der Waals surface area contributed by atoms with Gasteiger partial charge in [0.2, 0.25) is 5.95 Å². The number of terminal acetylenes is 1. The number of nitrogens with zero attached hydrogens (tertiary/aromatic N) is 3. The second-order valence-corrected chi connectivity index (χ2v) is 3.68. The van der Waals surface area contributed by atoms with Crippen LogP contribution in [0.1, 0.15) is 12.6 Å². The first kappa shape index (κ1) is 11.0. The van der Waals surface area contributed by atoms with E-state index in [2.05, 4.69) is 31.8 Å². The molecule has 0 saturated heterocycles. The lowest BCUT2D eigenvalue weighted by Crippen LogP contribution is -2.25. The van der Waals surface area contributed by atoms with Crippen LogP contribution >= 0.6 is 15.9 Å². The summed E-state index contributed by atoms with van der Waals surface area (Å²) in [5, 5.41) is 0. The summed E-state index contributed by atoms with van der Waals surface area (Å²) in [6.45, 7) is 5.31. The Morgan fingerprint density at radius 3 is 2.86 bits per heavy atom. The molecule has 74 valence electrons. The molecule has 1 rings (SSSR count). The second kappa shape index (κ2) is 4.97. The van der Waals surface area contributed by atoms with Crippen molar-refractivity contribution in [2.24, 2.45) is 0 Å². The number of rotatable bonds is 3. The largest absolute Gasteiger partial charge is 0.330 e. The molecular weight excluding hydrogens is 242 g/mol. The minimum absolute atomic E-state index is 0.539. The molecule has 0 spiro atoms. The molecule has 14 heavy (non-hydrogen) atoms. The Kier molecular flexibility index (Phi) is 3.90. The van der Waals surface area contributed by atoms with Gasteiger partial charge in [0.05, 0.1) is 16.7 Å². The smallest absolute Gasteiger partial charge is 0.226 e. The van der Waals surface area contributed by atoms with E-state index < -0.39 is 0 Å². The number of aromatic nitrogens is 2. The lowest BCUT2D eigenvalue weighted by Gasteiger charge is -2.17. The van der Waals surface area contributed by atoms with E-state index >= 15 is 0 Å². The van der Waals surface area contributed by atoms with Gasteiger partial charge in [-0.3, -0.25) is 0 Å². The van der Waals surface area contributed by atoms with Gasteiger partial charge in [-0.05, 0) is 29.8 Å². The van der Waals surface area contributed by atoms with E-state index in [-0.39, 0.29) is 0 Å². The number of anilines is 1. The molecule has 4 heteroatoms. The summed E-state index contributed by atoms with van der Waals surface area (Å²) in [7, 11) is 0. The summed E-state index contributed by atoms with van der Waals surface area (Å²) in [6.07, 6.45) is 7.00. The summed E-state index contributed by atoms with van der Waals surface area (Å²) < 4.78 is 0.915. The molecule has 0 aliphatic heterocycles. The SMILES string of the molecule is C#CCN(CC)c1ncc(Br)c(C)n1. The van der Waals surface area contributed by atoms with Crippen molar-refractivity contribution < 1.29 is 0 Å². The second-order valence-electron chi connectivity index (χ2n) is 2.82. The summed E-state index contributed by atoms with van der Waals surface area (Å²) in [6, 6.07) is 0. The molecule has 0 atom stereocenters. The van der Waals surface area contributed by atoms with Crippen molar-refractivity contribution in [1.82, 2.24) is 9.97 Å². The van der Waals surface area contributed by atoms with E-state index in [1.165, 1.54) is 0 Å². The van der Waals surface area contributed by atoms with Gasteiger partial charge in [0.25, 0.3) is 0 Å². The zero-order valence-corrected chi connectivity index (χ0v) is 9.87. The number of hydrogen-bond acceptors (Lipinski definition) is 3. The van der Waals surface area contributed by atoms with E-state index in [0.717, 1.165) is 16.7 Å². The summed E-state index contributed by atoms with van der Waals surface area (Å²) in [4.78, 5) is 10.5. The highest BCUT2D eigenvalue weighted by atomic mass is 79.9. The Labute approximate surface area is 92.7 Å². The molecule has 0 aromatic carbocycles. The quantitative estimate of drug-likeness (QED) is 0.772. The lowest BCUT2D eigenvalue weighted by atomic mass is 10.4. The first-order valence-corrected chi connectivity index (χ1v) is 5.16. The first-order chi connectivity index (χ1) is 6.69. The minimum atomic E-state index is 0.539. The van der Waals surface area contributed by atoms with E-state index in [1.807, 2.05) is 18.7 Å². The van der Waals surface area contributed by atoms with Crippen LogP contribution in [0.3, 0.4) is 0 Å². The molecule has 0 amide bonds. The van der Waals surface area contributed by atoms with Crippen LogP contribution in [0, 0.1) is 19.3 Å². The Balaban J connectivity index is 2.95. The molecular formula is C10H12BrN3. The third-order valence-electron chi connectivity index (χ3n) is 1.85. The van der Waals surface area contributed by atoms with Gasteiger partial charge in [0, 0.05) is 12.7 Å². The molecule has 1 aromatic heterocycles. The van der Waals surface area contributed by atoms with Gasteiger partial charge in [-0.2, -0.15) is 0 Å². The fourth-order valence-electron chi connectivity index (χ4n) is 1.03. The Bertz CT molecular complexity index is 357. The predicted octanol–water partition coefficient (Wildman–Crippen LogP) is 2.01. The van der Waals surface area contributed by atoms with Crippen LogP contribution in [0.5, 0.6) is 0 Å². The molecule has 0 fully saturated rings. The van der Waals surface area contributed by atoms with Crippen molar-refractivity contribution in [1.29, 1.82) is 0 Å². The number of hydrogen-bond donors (Lipinski definition) is 0. The Morgan fingerprint density at radius 2 is 2.36 bits per heavy atom. The van der Waals surface area contributed by atoms with Crippen LogP contribution in [-0.4, -0.2) is 23.1 Å². The van der Waals surface area contributed by atoms with Gasteiger partial charge >= 0.3 is 0 Å². The zero-order chi connectivity index (χ0) is 10.6. The van der Waals surface area contributed by atoms with Gasteiger partial charge in [-0.25, -0.2) is 9.97 Å². The van der Waals surface area contributed by atoms with Gasteiger partial charge in [0.1, 0.15) is 0 Å². The monoisotopic (exact) mass is 253 g/mol. The highest BCUT2D eigenvalue weighted by Gasteiger charge is 2.07. The number of halogens is 1. The Morgan fingerprint density at radius 1 is 1.64 bits per heavy atom. The van der Waals surface area contributed by atoms with Gasteiger partial charge < -0.3 is 4.90 Å². The molecule has 0 bridgehead atoms. The van der Waals surface area contributed by atoms with E-state index in [1.54, 1.807) is 6.20 Å². The summed E-state index contributed by atoms with van der Waals surface area (Å²) >= 11 is 3.36. The highest BCUT2D eigenvalue weighted by molar-refractivity contribution is 9.10.